The molecule has 7 nitrogen and oxygen atoms in total. The maximum absolute atomic E-state index is 12.0. The average molecular weight is 296 g/mol. The minimum absolute atomic E-state index is 0.124. The quantitative estimate of drug-likeness (QED) is 0.648. The van der Waals surface area contributed by atoms with Gasteiger partial charge in [0.05, 0.1) is 12.0 Å². The molecule has 1 atom stereocenters. The zero-order valence-electron chi connectivity index (χ0n) is 13.3. The third kappa shape index (κ3) is 5.65. The lowest BCUT2D eigenvalue weighted by Crippen LogP contribution is -2.47. The van der Waals surface area contributed by atoms with Gasteiger partial charge >= 0.3 is 5.69 Å². The van der Waals surface area contributed by atoms with Crippen molar-refractivity contribution in [1.82, 2.24) is 20.2 Å². The molecular formula is C14H24N4O3. The third-order valence-electron chi connectivity index (χ3n) is 3.11. The van der Waals surface area contributed by atoms with Gasteiger partial charge in [-0.1, -0.05) is 0 Å². The first-order valence-electron chi connectivity index (χ1n) is 6.81. The second-order valence-corrected chi connectivity index (χ2v) is 5.92. The molecule has 0 aromatic carbocycles. The molecule has 1 unspecified atom stereocenters. The van der Waals surface area contributed by atoms with E-state index in [-0.39, 0.29) is 18.9 Å². The Hall–Kier alpha value is -1.73. The van der Waals surface area contributed by atoms with Crippen LogP contribution in [0.1, 0.15) is 23.9 Å². The maximum atomic E-state index is 12.0. The van der Waals surface area contributed by atoms with Crippen LogP contribution in [0, 0.1) is 13.8 Å². The van der Waals surface area contributed by atoms with Gasteiger partial charge in [0.2, 0.25) is 5.91 Å². The number of aryl methyl sites for hydroxylation is 2. The molecule has 1 aromatic heterocycles. The number of hydrogen-bond donors (Lipinski definition) is 3. The first kappa shape index (κ1) is 17.3. The molecule has 1 amide bonds. The van der Waals surface area contributed by atoms with Gasteiger partial charge in [-0.25, -0.2) is 4.79 Å². The Kier molecular flexibility index (Phi) is 5.62. The number of carbonyl (C=O) groups excluding carboxylic acids is 1. The predicted molar refractivity (Wildman–Crippen MR) is 80.2 cm³/mol. The molecule has 0 saturated carbocycles. The van der Waals surface area contributed by atoms with Gasteiger partial charge in [-0.05, 0) is 34.9 Å². The van der Waals surface area contributed by atoms with E-state index < -0.39 is 11.3 Å². The summed E-state index contributed by atoms with van der Waals surface area (Å²) in [6.07, 6.45) is 0.124. The van der Waals surface area contributed by atoms with E-state index in [0.717, 1.165) is 0 Å². The lowest BCUT2D eigenvalue weighted by atomic mass is 10.1. The third-order valence-corrected chi connectivity index (χ3v) is 3.11. The van der Waals surface area contributed by atoms with E-state index in [1.165, 1.54) is 0 Å². The minimum atomic E-state index is -0.994. The average Bonchev–Trinajstić information content (AvgIpc) is 2.29. The van der Waals surface area contributed by atoms with Gasteiger partial charge in [0, 0.05) is 30.0 Å². The fourth-order valence-electron chi connectivity index (χ4n) is 2.26. The van der Waals surface area contributed by atoms with Crippen LogP contribution in [-0.4, -0.2) is 58.7 Å². The molecule has 7 heteroatoms. The van der Waals surface area contributed by atoms with Gasteiger partial charge in [-0.2, -0.15) is 4.98 Å². The number of carbonyl (C=O) groups is 1. The largest absolute Gasteiger partial charge is 0.387 e. The molecule has 0 bridgehead atoms. The summed E-state index contributed by atoms with van der Waals surface area (Å²) in [4.78, 5) is 31.4. The first-order chi connectivity index (χ1) is 9.60. The number of aromatic nitrogens is 2. The van der Waals surface area contributed by atoms with Crippen molar-refractivity contribution in [2.75, 3.05) is 27.2 Å². The van der Waals surface area contributed by atoms with Crippen LogP contribution in [0.25, 0.3) is 0 Å². The van der Waals surface area contributed by atoms with Crippen molar-refractivity contribution in [3.8, 4) is 0 Å². The summed E-state index contributed by atoms with van der Waals surface area (Å²) in [6.45, 7) is 5.73. The lowest BCUT2D eigenvalue weighted by Gasteiger charge is -2.27. The van der Waals surface area contributed by atoms with Gasteiger partial charge in [0.1, 0.15) is 0 Å². The highest BCUT2D eigenvalue weighted by atomic mass is 16.3. The normalized spacial score (nSPS) is 14.0. The van der Waals surface area contributed by atoms with Gasteiger partial charge in [0.15, 0.2) is 0 Å². The van der Waals surface area contributed by atoms with Crippen molar-refractivity contribution >= 4 is 5.91 Å². The molecule has 0 spiro atoms. The molecule has 0 fully saturated rings. The molecular weight excluding hydrogens is 272 g/mol. The minimum Gasteiger partial charge on any atom is -0.387 e. The van der Waals surface area contributed by atoms with E-state index in [2.05, 4.69) is 15.3 Å². The Morgan fingerprint density at radius 2 is 2.05 bits per heavy atom. The van der Waals surface area contributed by atoms with Crippen LogP contribution >= 0.6 is 0 Å². The highest BCUT2D eigenvalue weighted by Crippen LogP contribution is 2.08. The summed E-state index contributed by atoms with van der Waals surface area (Å²) in [5.41, 5.74) is 0.489. The summed E-state index contributed by atoms with van der Waals surface area (Å²) in [5.74, 6) is -0.214. The number of amides is 1. The zero-order valence-corrected chi connectivity index (χ0v) is 13.3. The Morgan fingerprint density at radius 1 is 1.43 bits per heavy atom. The smallest absolute Gasteiger partial charge is 0.345 e. The monoisotopic (exact) mass is 296 g/mol. The molecule has 1 rings (SSSR count). The van der Waals surface area contributed by atoms with Crippen molar-refractivity contribution in [1.29, 1.82) is 0 Å². The number of H-pyrrole nitrogens is 1. The SMILES string of the molecule is Cc1nc(=O)[nH]c(C)c1CC(=O)NCC(C)(O)CN(C)C. The van der Waals surface area contributed by atoms with Crippen LogP contribution in [0.15, 0.2) is 4.79 Å². The Balaban J connectivity index is 2.65. The maximum Gasteiger partial charge on any atom is 0.345 e. The van der Waals surface area contributed by atoms with Crippen LogP contribution in [-0.2, 0) is 11.2 Å². The first-order valence-corrected chi connectivity index (χ1v) is 6.81. The number of aromatic amines is 1. The molecule has 1 aromatic rings. The fourth-order valence-corrected chi connectivity index (χ4v) is 2.26. The lowest BCUT2D eigenvalue weighted by molar-refractivity contribution is -0.121. The van der Waals surface area contributed by atoms with Crippen LogP contribution < -0.4 is 11.0 Å². The van der Waals surface area contributed by atoms with E-state index in [0.29, 0.717) is 23.5 Å². The number of nitrogens with zero attached hydrogens (tertiary/aromatic N) is 2. The second kappa shape index (κ2) is 6.82. The summed E-state index contributed by atoms with van der Waals surface area (Å²) < 4.78 is 0. The Labute approximate surface area is 124 Å². The van der Waals surface area contributed by atoms with Gasteiger partial charge in [-0.15, -0.1) is 0 Å². The van der Waals surface area contributed by atoms with E-state index >= 15 is 0 Å². The number of rotatable bonds is 6. The van der Waals surface area contributed by atoms with Crippen molar-refractivity contribution in [2.45, 2.75) is 32.8 Å². The second-order valence-electron chi connectivity index (χ2n) is 5.92. The Bertz CT molecular complexity index is 538. The van der Waals surface area contributed by atoms with E-state index in [1.54, 1.807) is 20.8 Å². The van der Waals surface area contributed by atoms with Crippen molar-refractivity contribution < 1.29 is 9.90 Å². The molecule has 21 heavy (non-hydrogen) atoms. The van der Waals surface area contributed by atoms with E-state index in [4.69, 9.17) is 0 Å². The predicted octanol–water partition coefficient (Wildman–Crippen LogP) is -0.642. The zero-order chi connectivity index (χ0) is 16.2. The summed E-state index contributed by atoms with van der Waals surface area (Å²) in [6, 6.07) is 0. The van der Waals surface area contributed by atoms with Crippen molar-refractivity contribution in [3.05, 3.63) is 27.4 Å². The number of likely N-dealkylation sites (N-methyl/N-ethyl adjacent to an activating group) is 1. The Morgan fingerprint density at radius 3 is 2.57 bits per heavy atom. The van der Waals surface area contributed by atoms with E-state index in [1.807, 2.05) is 19.0 Å². The van der Waals surface area contributed by atoms with Crippen LogP contribution in [0.4, 0.5) is 0 Å². The molecule has 3 N–H and O–H groups in total. The van der Waals surface area contributed by atoms with Crippen LogP contribution in [0.2, 0.25) is 0 Å². The number of nitrogens with one attached hydrogen (secondary N) is 2. The number of hydrogen-bond acceptors (Lipinski definition) is 5. The summed E-state index contributed by atoms with van der Waals surface area (Å²) in [5, 5.41) is 12.8. The molecule has 118 valence electrons. The number of aliphatic hydroxyl groups is 1. The van der Waals surface area contributed by atoms with Crippen LogP contribution in [0.3, 0.4) is 0 Å². The van der Waals surface area contributed by atoms with Gasteiger partial charge < -0.3 is 20.3 Å². The highest BCUT2D eigenvalue weighted by Gasteiger charge is 2.22. The van der Waals surface area contributed by atoms with Gasteiger partial charge in [0.25, 0.3) is 0 Å². The fraction of sp³-hybridized carbons (Fsp3) is 0.643. The standard InChI is InChI=1S/C14H24N4O3/c1-9-11(10(2)17-13(20)16-9)6-12(19)15-7-14(3,21)8-18(4)5/h21H,6-8H2,1-5H3,(H,15,19)(H,16,17,20). The highest BCUT2D eigenvalue weighted by molar-refractivity contribution is 5.79. The van der Waals surface area contributed by atoms with Crippen LogP contribution in [0.5, 0.6) is 0 Å². The topological polar surface area (TPSA) is 98.3 Å². The van der Waals surface area contributed by atoms with Gasteiger partial charge in [-0.3, -0.25) is 4.79 Å². The molecule has 0 radical (unpaired) electrons. The molecule has 0 aliphatic carbocycles. The summed E-state index contributed by atoms with van der Waals surface area (Å²) >= 11 is 0. The molecule has 0 aliphatic heterocycles. The van der Waals surface area contributed by atoms with Crippen molar-refractivity contribution in [3.63, 3.8) is 0 Å². The summed E-state index contributed by atoms with van der Waals surface area (Å²) in [7, 11) is 3.71. The van der Waals surface area contributed by atoms with E-state index in [9.17, 15) is 14.7 Å². The molecule has 0 aliphatic rings. The van der Waals surface area contributed by atoms with Crippen molar-refractivity contribution in [2.24, 2.45) is 0 Å². The molecule has 1 heterocycles. The molecule has 0 saturated heterocycles.